The van der Waals surface area contributed by atoms with Gasteiger partial charge in [-0.3, -0.25) is 9.78 Å². The zero-order valence-electron chi connectivity index (χ0n) is 10.1. The summed E-state index contributed by atoms with van der Waals surface area (Å²) < 4.78 is 0. The van der Waals surface area contributed by atoms with E-state index >= 15 is 0 Å². The summed E-state index contributed by atoms with van der Waals surface area (Å²) >= 11 is 0. The Bertz CT molecular complexity index is 421. The van der Waals surface area contributed by atoms with Crippen molar-refractivity contribution in [3.8, 4) is 6.07 Å². The van der Waals surface area contributed by atoms with Gasteiger partial charge in [-0.2, -0.15) is 5.26 Å². The summed E-state index contributed by atoms with van der Waals surface area (Å²) in [6.45, 7) is 2.22. The zero-order valence-corrected chi connectivity index (χ0v) is 10.1. The van der Waals surface area contributed by atoms with Crippen LogP contribution in [0.25, 0.3) is 0 Å². The molecule has 5 heteroatoms. The van der Waals surface area contributed by atoms with E-state index in [1.54, 1.807) is 31.0 Å². The van der Waals surface area contributed by atoms with Crippen molar-refractivity contribution in [3.05, 3.63) is 24.0 Å². The number of nitriles is 1. The monoisotopic (exact) mass is 232 g/mol. The molecule has 1 aromatic rings. The molecule has 1 amide bonds. The first-order valence-corrected chi connectivity index (χ1v) is 5.37. The van der Waals surface area contributed by atoms with E-state index in [-0.39, 0.29) is 18.2 Å². The summed E-state index contributed by atoms with van der Waals surface area (Å²) in [5.74, 6) is -0.215. The van der Waals surface area contributed by atoms with E-state index in [2.05, 4.69) is 11.1 Å². The standard InChI is InChI=1S/C12H16N4O/c1-9(6-13)8-16(2)12(17)5-11-4-3-10(14)7-15-11/h3-4,7,9H,5,8,14H2,1-2H3. The second kappa shape index (κ2) is 5.85. The third-order valence-electron chi connectivity index (χ3n) is 2.37. The first kappa shape index (κ1) is 13.0. The number of pyridine rings is 1. The summed E-state index contributed by atoms with van der Waals surface area (Å²) in [7, 11) is 1.69. The molecule has 2 N–H and O–H groups in total. The first-order chi connectivity index (χ1) is 8.02. The van der Waals surface area contributed by atoms with Gasteiger partial charge < -0.3 is 10.6 Å². The van der Waals surface area contributed by atoms with Gasteiger partial charge in [-0.15, -0.1) is 0 Å². The molecule has 1 atom stereocenters. The lowest BCUT2D eigenvalue weighted by Gasteiger charge is -2.17. The van der Waals surface area contributed by atoms with Crippen molar-refractivity contribution in [2.45, 2.75) is 13.3 Å². The van der Waals surface area contributed by atoms with Crippen LogP contribution in [0.4, 0.5) is 5.69 Å². The van der Waals surface area contributed by atoms with Crippen molar-refractivity contribution < 1.29 is 4.79 Å². The molecule has 0 aliphatic heterocycles. The van der Waals surface area contributed by atoms with E-state index in [1.165, 1.54) is 6.20 Å². The van der Waals surface area contributed by atoms with E-state index in [0.717, 1.165) is 0 Å². The number of hydrogen-bond donors (Lipinski definition) is 1. The number of nitrogens with two attached hydrogens (primary N) is 1. The number of hydrogen-bond acceptors (Lipinski definition) is 4. The highest BCUT2D eigenvalue weighted by Gasteiger charge is 2.13. The van der Waals surface area contributed by atoms with Gasteiger partial charge in [0.05, 0.1) is 30.3 Å². The van der Waals surface area contributed by atoms with Crippen molar-refractivity contribution in [2.75, 3.05) is 19.3 Å². The van der Waals surface area contributed by atoms with Crippen LogP contribution in [-0.2, 0) is 11.2 Å². The predicted molar refractivity (Wildman–Crippen MR) is 64.8 cm³/mol. The van der Waals surface area contributed by atoms with Gasteiger partial charge >= 0.3 is 0 Å². The van der Waals surface area contributed by atoms with Gasteiger partial charge in [0.1, 0.15) is 0 Å². The van der Waals surface area contributed by atoms with E-state index in [1.807, 2.05) is 0 Å². The first-order valence-electron chi connectivity index (χ1n) is 5.37. The summed E-state index contributed by atoms with van der Waals surface area (Å²) in [6.07, 6.45) is 1.76. The van der Waals surface area contributed by atoms with Crippen LogP contribution >= 0.6 is 0 Å². The maximum atomic E-state index is 11.8. The summed E-state index contributed by atoms with van der Waals surface area (Å²) in [5, 5.41) is 8.67. The molecule has 1 aromatic heterocycles. The number of anilines is 1. The molecule has 1 unspecified atom stereocenters. The minimum absolute atomic E-state index is 0.0515. The van der Waals surface area contributed by atoms with Crippen LogP contribution in [0.5, 0.6) is 0 Å². The Morgan fingerprint density at radius 2 is 2.35 bits per heavy atom. The van der Waals surface area contributed by atoms with Gasteiger partial charge in [-0.1, -0.05) is 0 Å². The van der Waals surface area contributed by atoms with Crippen molar-refractivity contribution >= 4 is 11.6 Å². The number of carbonyl (C=O) groups is 1. The highest BCUT2D eigenvalue weighted by Crippen LogP contribution is 2.04. The van der Waals surface area contributed by atoms with E-state index < -0.39 is 0 Å². The molecular weight excluding hydrogens is 216 g/mol. The lowest BCUT2D eigenvalue weighted by molar-refractivity contribution is -0.129. The van der Waals surface area contributed by atoms with Crippen LogP contribution in [-0.4, -0.2) is 29.4 Å². The Labute approximate surface area is 101 Å². The molecular formula is C12H16N4O. The van der Waals surface area contributed by atoms with Crippen LogP contribution < -0.4 is 5.73 Å². The Balaban J connectivity index is 2.54. The smallest absolute Gasteiger partial charge is 0.228 e. The molecule has 1 heterocycles. The summed E-state index contributed by atoms with van der Waals surface area (Å²) in [5.41, 5.74) is 6.77. The molecule has 17 heavy (non-hydrogen) atoms. The SMILES string of the molecule is CC(C#N)CN(C)C(=O)Cc1ccc(N)cn1. The van der Waals surface area contributed by atoms with E-state index in [0.29, 0.717) is 17.9 Å². The van der Waals surface area contributed by atoms with Crippen molar-refractivity contribution in [2.24, 2.45) is 5.92 Å². The molecule has 1 rings (SSSR count). The topological polar surface area (TPSA) is 83.0 Å². The van der Waals surface area contributed by atoms with Crippen molar-refractivity contribution in [1.82, 2.24) is 9.88 Å². The fraction of sp³-hybridized carbons (Fsp3) is 0.417. The van der Waals surface area contributed by atoms with Crippen LogP contribution in [0.2, 0.25) is 0 Å². The van der Waals surface area contributed by atoms with Crippen molar-refractivity contribution in [3.63, 3.8) is 0 Å². The maximum absolute atomic E-state index is 11.8. The largest absolute Gasteiger partial charge is 0.397 e. The number of amides is 1. The van der Waals surface area contributed by atoms with Gasteiger partial charge in [0.2, 0.25) is 5.91 Å². The lowest BCUT2D eigenvalue weighted by Crippen LogP contribution is -2.32. The average Bonchev–Trinajstić information content (AvgIpc) is 2.31. The molecule has 0 saturated heterocycles. The molecule has 5 nitrogen and oxygen atoms in total. The third kappa shape index (κ3) is 4.11. The molecule has 90 valence electrons. The number of carbonyl (C=O) groups excluding carboxylic acids is 1. The summed E-state index contributed by atoms with van der Waals surface area (Å²) in [4.78, 5) is 17.4. The fourth-order valence-electron chi connectivity index (χ4n) is 1.38. The molecule has 0 aromatic carbocycles. The van der Waals surface area contributed by atoms with Gasteiger partial charge in [-0.05, 0) is 19.1 Å². The Kier molecular flexibility index (Phi) is 4.46. The molecule has 0 saturated carbocycles. The van der Waals surface area contributed by atoms with Crippen molar-refractivity contribution in [1.29, 1.82) is 5.26 Å². The molecule has 0 radical (unpaired) electrons. The van der Waals surface area contributed by atoms with Gasteiger partial charge in [-0.25, -0.2) is 0 Å². The maximum Gasteiger partial charge on any atom is 0.228 e. The van der Waals surface area contributed by atoms with Crippen LogP contribution in [0.3, 0.4) is 0 Å². The minimum atomic E-state index is -0.164. The third-order valence-corrected chi connectivity index (χ3v) is 2.37. The number of rotatable bonds is 4. The zero-order chi connectivity index (χ0) is 12.8. The lowest BCUT2D eigenvalue weighted by atomic mass is 10.2. The van der Waals surface area contributed by atoms with Gasteiger partial charge in [0.25, 0.3) is 0 Å². The number of likely N-dealkylation sites (N-methyl/N-ethyl adjacent to an activating group) is 1. The minimum Gasteiger partial charge on any atom is -0.397 e. The molecule has 0 fully saturated rings. The van der Waals surface area contributed by atoms with E-state index in [4.69, 9.17) is 11.0 Å². The van der Waals surface area contributed by atoms with Gasteiger partial charge in [0, 0.05) is 19.3 Å². The van der Waals surface area contributed by atoms with Crippen LogP contribution in [0.1, 0.15) is 12.6 Å². The van der Waals surface area contributed by atoms with Crippen LogP contribution in [0, 0.1) is 17.2 Å². The second-order valence-corrected chi connectivity index (χ2v) is 4.06. The highest BCUT2D eigenvalue weighted by atomic mass is 16.2. The predicted octanol–water partition coefficient (Wildman–Crippen LogP) is 0.824. The average molecular weight is 232 g/mol. The Morgan fingerprint density at radius 1 is 1.65 bits per heavy atom. The quantitative estimate of drug-likeness (QED) is 0.833. The molecule has 0 spiro atoms. The Morgan fingerprint density at radius 3 is 2.88 bits per heavy atom. The number of nitrogen functional groups attached to an aromatic ring is 1. The molecule has 0 aliphatic carbocycles. The molecule has 0 bridgehead atoms. The normalized spacial score (nSPS) is 11.6. The number of nitrogens with zero attached hydrogens (tertiary/aromatic N) is 3. The van der Waals surface area contributed by atoms with E-state index in [9.17, 15) is 4.79 Å². The Hall–Kier alpha value is -2.09. The van der Waals surface area contributed by atoms with Gasteiger partial charge in [0.15, 0.2) is 0 Å². The highest BCUT2D eigenvalue weighted by molar-refractivity contribution is 5.78. The number of aromatic nitrogens is 1. The molecule has 0 aliphatic rings. The van der Waals surface area contributed by atoms with Crippen LogP contribution in [0.15, 0.2) is 18.3 Å². The second-order valence-electron chi connectivity index (χ2n) is 4.06. The summed E-state index contributed by atoms with van der Waals surface area (Å²) in [6, 6.07) is 5.54. The fourth-order valence-corrected chi connectivity index (χ4v) is 1.38.